The van der Waals surface area contributed by atoms with Crippen LogP contribution < -0.4 is 0 Å². The molecule has 3 rings (SSSR count). The summed E-state index contributed by atoms with van der Waals surface area (Å²) in [6, 6.07) is 2.64. The van der Waals surface area contributed by atoms with Gasteiger partial charge in [-0.05, 0) is 51.5 Å². The first-order chi connectivity index (χ1) is 10.2. The van der Waals surface area contributed by atoms with E-state index in [9.17, 15) is 4.79 Å². The molecule has 0 aromatic carbocycles. The molecule has 4 nitrogen and oxygen atoms in total. The summed E-state index contributed by atoms with van der Waals surface area (Å²) in [4.78, 5) is 15.0. The number of amides is 1. The Balaban J connectivity index is 1.80. The van der Waals surface area contributed by atoms with Crippen molar-refractivity contribution in [1.29, 1.82) is 0 Å². The molecule has 1 saturated heterocycles. The smallest absolute Gasteiger partial charge is 0.274 e. The molecule has 21 heavy (non-hydrogen) atoms. The fraction of sp³-hybridized carbons (Fsp3) is 0.765. The highest BCUT2D eigenvalue weighted by atomic mass is 16.2. The van der Waals surface area contributed by atoms with Gasteiger partial charge in [0.2, 0.25) is 0 Å². The molecule has 2 aliphatic rings. The predicted molar refractivity (Wildman–Crippen MR) is 83.2 cm³/mol. The Morgan fingerprint density at radius 2 is 1.90 bits per heavy atom. The van der Waals surface area contributed by atoms with E-state index in [1.165, 1.54) is 38.5 Å². The number of hydrogen-bond donors (Lipinski definition) is 0. The number of carbonyl (C=O) groups is 1. The van der Waals surface area contributed by atoms with Crippen LogP contribution in [-0.4, -0.2) is 33.2 Å². The molecule has 2 atom stereocenters. The average molecular weight is 289 g/mol. The van der Waals surface area contributed by atoms with Crippen molar-refractivity contribution in [1.82, 2.24) is 14.7 Å². The number of fused-ring (bicyclic) bond motifs is 1. The topological polar surface area (TPSA) is 38.1 Å². The molecule has 116 valence electrons. The predicted octanol–water partition coefficient (Wildman–Crippen LogP) is 3.65. The van der Waals surface area contributed by atoms with Crippen molar-refractivity contribution in [3.05, 3.63) is 18.0 Å². The van der Waals surface area contributed by atoms with Crippen molar-refractivity contribution in [2.45, 2.75) is 70.9 Å². The number of carbonyl (C=O) groups excluding carboxylic acids is 1. The third-order valence-corrected chi connectivity index (χ3v) is 5.11. The second-order valence-electron chi connectivity index (χ2n) is 6.88. The normalized spacial score (nSPS) is 26.5. The Morgan fingerprint density at radius 1 is 1.19 bits per heavy atom. The van der Waals surface area contributed by atoms with E-state index in [0.29, 0.717) is 17.8 Å². The largest absolute Gasteiger partial charge is 0.334 e. The van der Waals surface area contributed by atoms with Crippen molar-refractivity contribution in [2.24, 2.45) is 5.92 Å². The molecule has 4 heteroatoms. The molecular weight excluding hydrogens is 262 g/mol. The number of nitrogens with zero attached hydrogens (tertiary/aromatic N) is 3. The molecule has 1 saturated carbocycles. The fourth-order valence-electron chi connectivity index (χ4n) is 3.93. The third-order valence-electron chi connectivity index (χ3n) is 5.11. The summed E-state index contributed by atoms with van der Waals surface area (Å²) in [5.41, 5.74) is 0.620. The van der Waals surface area contributed by atoms with Gasteiger partial charge in [0.1, 0.15) is 5.69 Å². The van der Waals surface area contributed by atoms with Crippen LogP contribution in [0.1, 0.15) is 75.3 Å². The Bertz CT molecular complexity index is 494. The minimum Gasteiger partial charge on any atom is -0.334 e. The van der Waals surface area contributed by atoms with Gasteiger partial charge in [0.25, 0.3) is 5.91 Å². The Morgan fingerprint density at radius 3 is 2.62 bits per heavy atom. The number of aromatic nitrogens is 2. The lowest BCUT2D eigenvalue weighted by Gasteiger charge is -2.38. The van der Waals surface area contributed by atoms with Gasteiger partial charge in [0, 0.05) is 24.8 Å². The number of hydrogen-bond acceptors (Lipinski definition) is 2. The van der Waals surface area contributed by atoms with Crippen molar-refractivity contribution in [3.63, 3.8) is 0 Å². The van der Waals surface area contributed by atoms with E-state index >= 15 is 0 Å². The zero-order chi connectivity index (χ0) is 14.8. The van der Waals surface area contributed by atoms with Crippen LogP contribution in [0.25, 0.3) is 0 Å². The van der Waals surface area contributed by atoms with Crippen LogP contribution in [0.5, 0.6) is 0 Å². The summed E-state index contributed by atoms with van der Waals surface area (Å²) in [5.74, 6) is 0.866. The standard InChI is InChI=1S/C17H27N3O/c1-13(2)20-12-10-15(18-20)17(21)19-11-6-5-8-14-7-3-4-9-16(14)19/h10,12-14,16H,3-9,11H2,1-2H3. The maximum absolute atomic E-state index is 12.9. The van der Waals surface area contributed by atoms with Crippen LogP contribution in [0.2, 0.25) is 0 Å². The van der Waals surface area contributed by atoms with Crippen LogP contribution in [0.15, 0.2) is 12.3 Å². The van der Waals surface area contributed by atoms with E-state index < -0.39 is 0 Å². The van der Waals surface area contributed by atoms with Crippen LogP contribution in [-0.2, 0) is 0 Å². The second kappa shape index (κ2) is 6.20. The van der Waals surface area contributed by atoms with Crippen molar-refractivity contribution in [3.8, 4) is 0 Å². The summed E-state index contributed by atoms with van der Waals surface area (Å²) in [6.07, 6.45) is 10.7. The summed E-state index contributed by atoms with van der Waals surface area (Å²) in [5, 5.41) is 4.48. The van der Waals surface area contributed by atoms with E-state index in [1.54, 1.807) is 0 Å². The first-order valence-corrected chi connectivity index (χ1v) is 8.53. The Labute approximate surface area is 127 Å². The van der Waals surface area contributed by atoms with Gasteiger partial charge in [0.05, 0.1) is 0 Å². The summed E-state index contributed by atoms with van der Waals surface area (Å²) in [6.45, 7) is 5.09. The van der Waals surface area contributed by atoms with Gasteiger partial charge < -0.3 is 4.90 Å². The van der Waals surface area contributed by atoms with Crippen molar-refractivity contribution in [2.75, 3.05) is 6.54 Å². The second-order valence-corrected chi connectivity index (χ2v) is 6.88. The lowest BCUT2D eigenvalue weighted by Crippen LogP contribution is -2.45. The first kappa shape index (κ1) is 14.6. The van der Waals surface area contributed by atoms with Crippen molar-refractivity contribution < 1.29 is 4.79 Å². The Kier molecular flexibility index (Phi) is 4.32. The van der Waals surface area contributed by atoms with Crippen LogP contribution >= 0.6 is 0 Å². The molecule has 2 fully saturated rings. The zero-order valence-electron chi connectivity index (χ0n) is 13.3. The molecular formula is C17H27N3O. The fourth-order valence-corrected chi connectivity index (χ4v) is 3.93. The molecule has 0 radical (unpaired) electrons. The van der Waals surface area contributed by atoms with Gasteiger partial charge >= 0.3 is 0 Å². The van der Waals surface area contributed by atoms with Crippen molar-refractivity contribution >= 4 is 5.91 Å². The van der Waals surface area contributed by atoms with Gasteiger partial charge in [0.15, 0.2) is 0 Å². The summed E-state index contributed by atoms with van der Waals surface area (Å²) < 4.78 is 1.88. The lowest BCUT2D eigenvalue weighted by atomic mass is 9.81. The molecule has 1 aliphatic heterocycles. The highest BCUT2D eigenvalue weighted by molar-refractivity contribution is 5.92. The molecule has 0 spiro atoms. The first-order valence-electron chi connectivity index (χ1n) is 8.53. The number of rotatable bonds is 2. The van der Waals surface area contributed by atoms with Gasteiger partial charge in [-0.1, -0.05) is 19.3 Å². The van der Waals surface area contributed by atoms with Crippen LogP contribution in [0.4, 0.5) is 0 Å². The van der Waals surface area contributed by atoms with Crippen LogP contribution in [0, 0.1) is 5.92 Å². The van der Waals surface area contributed by atoms with E-state index in [2.05, 4.69) is 23.8 Å². The molecule has 1 aromatic rings. The minimum atomic E-state index is 0.146. The summed E-state index contributed by atoms with van der Waals surface area (Å²) in [7, 11) is 0. The number of likely N-dealkylation sites (tertiary alicyclic amines) is 1. The molecule has 1 aliphatic carbocycles. The average Bonchev–Trinajstić information content (AvgIpc) is 2.88. The molecule has 2 unspecified atom stereocenters. The van der Waals surface area contributed by atoms with E-state index in [-0.39, 0.29) is 5.91 Å². The van der Waals surface area contributed by atoms with Gasteiger partial charge in [-0.15, -0.1) is 0 Å². The Hall–Kier alpha value is -1.32. The lowest BCUT2D eigenvalue weighted by molar-refractivity contribution is 0.0562. The highest BCUT2D eigenvalue weighted by Crippen LogP contribution is 2.35. The van der Waals surface area contributed by atoms with Gasteiger partial charge in [-0.3, -0.25) is 9.48 Å². The molecule has 1 aromatic heterocycles. The summed E-state index contributed by atoms with van der Waals surface area (Å²) >= 11 is 0. The van der Waals surface area contributed by atoms with Gasteiger partial charge in [-0.25, -0.2) is 0 Å². The van der Waals surface area contributed by atoms with E-state index in [4.69, 9.17) is 0 Å². The van der Waals surface area contributed by atoms with E-state index in [1.807, 2.05) is 16.9 Å². The minimum absolute atomic E-state index is 0.146. The van der Waals surface area contributed by atoms with Gasteiger partial charge in [-0.2, -0.15) is 5.10 Å². The molecule has 1 amide bonds. The molecule has 0 N–H and O–H groups in total. The molecule has 2 heterocycles. The van der Waals surface area contributed by atoms with Crippen LogP contribution in [0.3, 0.4) is 0 Å². The monoisotopic (exact) mass is 289 g/mol. The zero-order valence-corrected chi connectivity index (χ0v) is 13.3. The quantitative estimate of drug-likeness (QED) is 0.833. The maximum atomic E-state index is 12.9. The van der Waals surface area contributed by atoms with E-state index in [0.717, 1.165) is 18.9 Å². The SMILES string of the molecule is CC(C)n1ccc(C(=O)N2CCCCC3CCCCC32)n1. The molecule has 0 bridgehead atoms. The third kappa shape index (κ3) is 2.99. The maximum Gasteiger partial charge on any atom is 0.274 e. The highest BCUT2D eigenvalue weighted by Gasteiger charge is 2.35.